The molecule has 1 saturated carbocycles. The molecule has 0 bridgehead atoms. The zero-order chi connectivity index (χ0) is 18.1. The largest absolute Gasteiger partial charge is 0.457 e. The van der Waals surface area contributed by atoms with E-state index in [9.17, 15) is 9.59 Å². The lowest BCUT2D eigenvalue weighted by atomic mass is 9.85. The van der Waals surface area contributed by atoms with Crippen molar-refractivity contribution in [2.24, 2.45) is 11.3 Å². The van der Waals surface area contributed by atoms with E-state index in [0.717, 1.165) is 19.3 Å². The maximum absolute atomic E-state index is 12.0. The van der Waals surface area contributed by atoms with Crippen molar-refractivity contribution >= 4 is 11.9 Å². The summed E-state index contributed by atoms with van der Waals surface area (Å²) in [7, 11) is 0. The molecule has 0 aromatic rings. The first kappa shape index (κ1) is 21.9. The van der Waals surface area contributed by atoms with Crippen molar-refractivity contribution in [2.75, 3.05) is 6.61 Å². The van der Waals surface area contributed by atoms with Crippen LogP contribution >= 0.6 is 0 Å². The van der Waals surface area contributed by atoms with Gasteiger partial charge in [0.25, 0.3) is 0 Å². The Morgan fingerprint density at radius 1 is 1.00 bits per heavy atom. The molecular weight excluding hydrogens is 292 g/mol. The molecule has 1 fully saturated rings. The van der Waals surface area contributed by atoms with Crippen LogP contribution in [-0.4, -0.2) is 24.1 Å². The number of esters is 2. The van der Waals surface area contributed by atoms with Gasteiger partial charge in [-0.05, 0) is 52.4 Å². The molecule has 4 nitrogen and oxygen atoms in total. The van der Waals surface area contributed by atoms with Crippen molar-refractivity contribution < 1.29 is 19.1 Å². The summed E-state index contributed by atoms with van der Waals surface area (Å²) in [6.07, 6.45) is 6.10. The molecule has 0 aromatic heterocycles. The van der Waals surface area contributed by atoms with Crippen molar-refractivity contribution in [2.45, 2.75) is 92.6 Å². The molecular formula is C19H36O4. The van der Waals surface area contributed by atoms with Crippen LogP contribution in [0.25, 0.3) is 0 Å². The maximum atomic E-state index is 12.0. The van der Waals surface area contributed by atoms with Gasteiger partial charge in [-0.1, -0.05) is 40.5 Å². The van der Waals surface area contributed by atoms with Gasteiger partial charge in [0.05, 0.1) is 5.41 Å². The van der Waals surface area contributed by atoms with Gasteiger partial charge in [-0.15, -0.1) is 0 Å². The Hall–Kier alpha value is -1.06. The molecule has 0 radical (unpaired) electrons. The van der Waals surface area contributed by atoms with Gasteiger partial charge in [-0.3, -0.25) is 4.79 Å². The first-order valence-corrected chi connectivity index (χ1v) is 9.14. The van der Waals surface area contributed by atoms with Crippen LogP contribution in [0, 0.1) is 11.3 Å². The van der Waals surface area contributed by atoms with Crippen LogP contribution in [0.5, 0.6) is 0 Å². The first-order valence-electron chi connectivity index (χ1n) is 9.14. The van der Waals surface area contributed by atoms with Crippen LogP contribution in [0.15, 0.2) is 0 Å². The second kappa shape index (κ2) is 9.94. The van der Waals surface area contributed by atoms with E-state index in [1.807, 2.05) is 48.5 Å². The number of carbonyl (C=O) groups excluding carboxylic acids is 2. The molecule has 0 saturated heterocycles. The molecule has 0 aromatic carbocycles. The number of hydrogen-bond donors (Lipinski definition) is 0. The molecule has 4 heteroatoms. The average molecular weight is 328 g/mol. The van der Waals surface area contributed by atoms with Crippen LogP contribution < -0.4 is 0 Å². The standard InChI is InChI=1S/C17H30O4.C2H6/c1-6-16(3,4)15(19)20-12-14(18)21-17(5,7-2)13-10-8-9-11-13;1-2/h13H,6-12H2,1-5H3;1-2H3. The van der Waals surface area contributed by atoms with E-state index < -0.39 is 17.0 Å². The third-order valence-electron chi connectivity index (χ3n) is 5.03. The van der Waals surface area contributed by atoms with Crippen molar-refractivity contribution in [3.63, 3.8) is 0 Å². The Labute approximate surface area is 142 Å². The molecule has 1 aliphatic rings. The van der Waals surface area contributed by atoms with Gasteiger partial charge in [0, 0.05) is 0 Å². The van der Waals surface area contributed by atoms with Crippen molar-refractivity contribution in [3.8, 4) is 0 Å². The first-order chi connectivity index (χ1) is 10.7. The smallest absolute Gasteiger partial charge is 0.344 e. The monoisotopic (exact) mass is 328 g/mol. The number of hydrogen-bond acceptors (Lipinski definition) is 4. The lowest BCUT2D eigenvalue weighted by molar-refractivity contribution is -0.176. The van der Waals surface area contributed by atoms with E-state index in [1.165, 1.54) is 12.8 Å². The van der Waals surface area contributed by atoms with Crippen molar-refractivity contribution in [1.82, 2.24) is 0 Å². The van der Waals surface area contributed by atoms with Crippen LogP contribution in [-0.2, 0) is 19.1 Å². The molecule has 23 heavy (non-hydrogen) atoms. The van der Waals surface area contributed by atoms with Crippen LogP contribution in [0.3, 0.4) is 0 Å². The van der Waals surface area contributed by atoms with Crippen molar-refractivity contribution in [3.05, 3.63) is 0 Å². The highest BCUT2D eigenvalue weighted by Crippen LogP contribution is 2.38. The average Bonchev–Trinajstić information content (AvgIpc) is 3.09. The summed E-state index contributed by atoms with van der Waals surface area (Å²) in [6, 6.07) is 0. The maximum Gasteiger partial charge on any atom is 0.344 e. The van der Waals surface area contributed by atoms with Gasteiger partial charge in [0.2, 0.25) is 0 Å². The highest BCUT2D eigenvalue weighted by molar-refractivity contribution is 5.79. The van der Waals surface area contributed by atoms with Gasteiger partial charge in [-0.25, -0.2) is 4.79 Å². The topological polar surface area (TPSA) is 52.6 Å². The Morgan fingerprint density at radius 3 is 1.96 bits per heavy atom. The molecule has 0 spiro atoms. The number of rotatable bonds is 7. The summed E-state index contributed by atoms with van der Waals surface area (Å²) in [5, 5.41) is 0. The predicted molar refractivity (Wildman–Crippen MR) is 93.1 cm³/mol. The zero-order valence-corrected chi connectivity index (χ0v) is 16.2. The Morgan fingerprint density at radius 2 is 1.52 bits per heavy atom. The van der Waals surface area contributed by atoms with Gasteiger partial charge in [0.1, 0.15) is 5.60 Å². The van der Waals surface area contributed by atoms with E-state index in [0.29, 0.717) is 12.3 Å². The van der Waals surface area contributed by atoms with Crippen molar-refractivity contribution in [1.29, 1.82) is 0 Å². The highest BCUT2D eigenvalue weighted by atomic mass is 16.6. The Kier molecular flexibility index (Phi) is 9.48. The summed E-state index contributed by atoms with van der Waals surface area (Å²) >= 11 is 0. The van der Waals surface area contributed by atoms with E-state index in [-0.39, 0.29) is 12.6 Å². The minimum Gasteiger partial charge on any atom is -0.457 e. The number of ether oxygens (including phenoxy) is 2. The minimum absolute atomic E-state index is 0.287. The summed E-state index contributed by atoms with van der Waals surface area (Å²) in [5.74, 6) is -0.359. The number of carbonyl (C=O) groups is 2. The molecule has 1 unspecified atom stereocenters. The minimum atomic E-state index is -0.556. The third-order valence-corrected chi connectivity index (χ3v) is 5.03. The van der Waals surface area contributed by atoms with E-state index in [1.54, 1.807) is 0 Å². The molecule has 0 N–H and O–H groups in total. The fourth-order valence-corrected chi connectivity index (χ4v) is 2.73. The predicted octanol–water partition coefficient (Wildman–Crippen LogP) is 4.89. The SMILES string of the molecule is CC.CCC(C)(C)C(=O)OCC(=O)OC(C)(CC)C1CCCC1. The fourth-order valence-electron chi connectivity index (χ4n) is 2.73. The lowest BCUT2D eigenvalue weighted by Gasteiger charge is -2.34. The Balaban J connectivity index is 0.00000232. The fraction of sp³-hybridized carbons (Fsp3) is 0.895. The van der Waals surface area contributed by atoms with Crippen LogP contribution in [0.2, 0.25) is 0 Å². The molecule has 1 atom stereocenters. The third kappa shape index (κ3) is 6.52. The molecule has 1 rings (SSSR count). The normalized spacial score (nSPS) is 17.7. The quantitative estimate of drug-likeness (QED) is 0.624. The second-order valence-corrected chi connectivity index (χ2v) is 6.94. The Bertz CT molecular complexity index is 370. The van der Waals surface area contributed by atoms with E-state index >= 15 is 0 Å². The summed E-state index contributed by atoms with van der Waals surface area (Å²) in [6.45, 7) is 13.3. The summed E-state index contributed by atoms with van der Waals surface area (Å²) < 4.78 is 10.8. The van der Waals surface area contributed by atoms with Gasteiger partial charge in [-0.2, -0.15) is 0 Å². The van der Waals surface area contributed by atoms with Gasteiger partial charge < -0.3 is 9.47 Å². The molecule has 136 valence electrons. The van der Waals surface area contributed by atoms with E-state index in [2.05, 4.69) is 0 Å². The molecule has 0 amide bonds. The van der Waals surface area contributed by atoms with Crippen LogP contribution in [0.1, 0.15) is 87.0 Å². The lowest BCUT2D eigenvalue weighted by Crippen LogP contribution is -2.39. The molecule has 0 aliphatic heterocycles. The molecule has 1 aliphatic carbocycles. The second-order valence-electron chi connectivity index (χ2n) is 6.94. The summed E-state index contributed by atoms with van der Waals surface area (Å²) in [5.41, 5.74) is -0.986. The molecule has 0 heterocycles. The highest BCUT2D eigenvalue weighted by Gasteiger charge is 2.38. The summed E-state index contributed by atoms with van der Waals surface area (Å²) in [4.78, 5) is 23.9. The van der Waals surface area contributed by atoms with E-state index in [4.69, 9.17) is 9.47 Å². The van der Waals surface area contributed by atoms with Gasteiger partial charge in [0.15, 0.2) is 6.61 Å². The van der Waals surface area contributed by atoms with Crippen LogP contribution in [0.4, 0.5) is 0 Å². The zero-order valence-electron chi connectivity index (χ0n) is 16.2. The van der Waals surface area contributed by atoms with Gasteiger partial charge >= 0.3 is 11.9 Å².